The number of carbonyl (C=O) groups is 1. The van der Waals surface area contributed by atoms with E-state index in [1.165, 1.54) is 23.5 Å². The molecule has 33 heavy (non-hydrogen) atoms. The SMILES string of the molecule is O=C(Nc1nnc(-c2cccc(Cl)c2)s1)[C@@H](Cc1ccccc1)NS(=O)(=O)c1ccccc1. The van der Waals surface area contributed by atoms with Crippen LogP contribution in [0.4, 0.5) is 5.13 Å². The number of carbonyl (C=O) groups excluding carboxylic acids is 1. The fourth-order valence-corrected chi connectivity index (χ4v) is 5.25. The number of amides is 1. The highest BCUT2D eigenvalue weighted by Crippen LogP contribution is 2.28. The molecule has 1 heterocycles. The molecule has 10 heteroatoms. The molecule has 7 nitrogen and oxygen atoms in total. The number of nitrogens with one attached hydrogen (secondary N) is 2. The van der Waals surface area contributed by atoms with E-state index < -0.39 is 22.0 Å². The van der Waals surface area contributed by atoms with E-state index in [0.717, 1.165) is 11.1 Å². The summed E-state index contributed by atoms with van der Waals surface area (Å²) in [5.41, 5.74) is 1.58. The lowest BCUT2D eigenvalue weighted by Gasteiger charge is -2.18. The van der Waals surface area contributed by atoms with E-state index in [4.69, 9.17) is 11.6 Å². The van der Waals surface area contributed by atoms with Crippen LogP contribution in [0.25, 0.3) is 10.6 Å². The highest BCUT2D eigenvalue weighted by molar-refractivity contribution is 7.89. The van der Waals surface area contributed by atoms with Gasteiger partial charge in [-0.15, -0.1) is 10.2 Å². The molecule has 0 aliphatic carbocycles. The van der Waals surface area contributed by atoms with Crippen LogP contribution in [-0.4, -0.2) is 30.6 Å². The van der Waals surface area contributed by atoms with E-state index in [1.54, 1.807) is 36.4 Å². The molecule has 1 atom stereocenters. The summed E-state index contributed by atoms with van der Waals surface area (Å²) in [5, 5.41) is 12.2. The van der Waals surface area contributed by atoms with Crippen molar-refractivity contribution in [2.75, 3.05) is 5.32 Å². The van der Waals surface area contributed by atoms with Gasteiger partial charge in [0.1, 0.15) is 11.0 Å². The van der Waals surface area contributed by atoms with Crippen LogP contribution in [0.5, 0.6) is 0 Å². The molecule has 1 aromatic heterocycles. The molecule has 0 bridgehead atoms. The number of halogens is 1. The third-order valence-corrected chi connectivity index (χ3v) is 7.29. The number of anilines is 1. The predicted octanol–water partition coefficient (Wildman–Crippen LogP) is 4.39. The van der Waals surface area contributed by atoms with Gasteiger partial charge in [-0.05, 0) is 36.2 Å². The van der Waals surface area contributed by atoms with Crippen LogP contribution in [0.3, 0.4) is 0 Å². The van der Waals surface area contributed by atoms with Crippen LogP contribution in [-0.2, 0) is 21.2 Å². The minimum Gasteiger partial charge on any atom is -0.299 e. The first-order valence-electron chi connectivity index (χ1n) is 9.92. The Morgan fingerprint density at radius 1 is 0.939 bits per heavy atom. The Morgan fingerprint density at radius 3 is 2.33 bits per heavy atom. The standard InChI is InChI=1S/C23H19ClN4O3S2/c24-18-11-7-10-17(15-18)22-26-27-23(32-22)25-21(29)20(14-16-8-3-1-4-9-16)28-33(30,31)19-12-5-2-6-13-19/h1-13,15,20,28H,14H2,(H,25,27,29)/t20-/m1/s1. The Balaban J connectivity index is 1.56. The maximum absolute atomic E-state index is 13.1. The molecular weight excluding hydrogens is 480 g/mol. The summed E-state index contributed by atoms with van der Waals surface area (Å²) in [5.74, 6) is -0.535. The van der Waals surface area contributed by atoms with Gasteiger partial charge in [-0.1, -0.05) is 83.6 Å². The van der Waals surface area contributed by atoms with E-state index in [2.05, 4.69) is 20.2 Å². The summed E-state index contributed by atoms with van der Waals surface area (Å²) < 4.78 is 28.3. The smallest absolute Gasteiger partial charge is 0.244 e. The fourth-order valence-electron chi connectivity index (χ4n) is 3.10. The molecule has 0 aliphatic heterocycles. The number of hydrogen-bond acceptors (Lipinski definition) is 6. The van der Waals surface area contributed by atoms with Crippen LogP contribution >= 0.6 is 22.9 Å². The van der Waals surface area contributed by atoms with Gasteiger partial charge in [0.25, 0.3) is 0 Å². The van der Waals surface area contributed by atoms with Gasteiger partial charge in [0, 0.05) is 10.6 Å². The second kappa shape index (κ2) is 10.2. The van der Waals surface area contributed by atoms with Gasteiger partial charge in [0.2, 0.25) is 21.1 Å². The molecule has 0 saturated heterocycles. The number of hydrogen-bond donors (Lipinski definition) is 2. The van der Waals surface area contributed by atoms with Crippen LogP contribution < -0.4 is 10.0 Å². The average Bonchev–Trinajstić information content (AvgIpc) is 3.28. The Hall–Kier alpha value is -3.11. The molecule has 3 aromatic carbocycles. The summed E-state index contributed by atoms with van der Waals surface area (Å²) in [6, 6.07) is 23.2. The summed E-state index contributed by atoms with van der Waals surface area (Å²) in [6.07, 6.45) is 0.165. The van der Waals surface area contributed by atoms with E-state index in [-0.39, 0.29) is 16.4 Å². The maximum Gasteiger partial charge on any atom is 0.244 e. The third kappa shape index (κ3) is 6.02. The Bertz CT molecular complexity index is 1350. The summed E-state index contributed by atoms with van der Waals surface area (Å²) in [4.78, 5) is 13.2. The number of sulfonamides is 1. The number of aromatic nitrogens is 2. The highest BCUT2D eigenvalue weighted by Gasteiger charge is 2.27. The molecule has 2 N–H and O–H groups in total. The van der Waals surface area contributed by atoms with Gasteiger partial charge in [-0.2, -0.15) is 4.72 Å². The predicted molar refractivity (Wildman–Crippen MR) is 130 cm³/mol. The second-order valence-corrected chi connectivity index (χ2v) is 10.2. The molecule has 4 aromatic rings. The third-order valence-electron chi connectivity index (χ3n) is 4.68. The van der Waals surface area contributed by atoms with Gasteiger partial charge in [0.05, 0.1) is 4.90 Å². The Labute approximate surface area is 200 Å². The lowest BCUT2D eigenvalue weighted by molar-refractivity contribution is -0.117. The second-order valence-electron chi connectivity index (χ2n) is 7.09. The molecule has 1 amide bonds. The number of nitrogens with zero attached hydrogens (tertiary/aromatic N) is 2. The van der Waals surface area contributed by atoms with Crippen molar-refractivity contribution in [1.82, 2.24) is 14.9 Å². The van der Waals surface area contributed by atoms with Crippen molar-refractivity contribution in [2.45, 2.75) is 17.4 Å². The Morgan fingerprint density at radius 2 is 1.64 bits per heavy atom. The first-order chi connectivity index (χ1) is 15.9. The van der Waals surface area contributed by atoms with Crippen molar-refractivity contribution >= 4 is 44.0 Å². The minimum atomic E-state index is -3.92. The average molecular weight is 499 g/mol. The first kappa shape index (κ1) is 23.1. The normalized spacial score (nSPS) is 12.3. The summed E-state index contributed by atoms with van der Waals surface area (Å²) >= 11 is 7.21. The monoisotopic (exact) mass is 498 g/mol. The van der Waals surface area contributed by atoms with Crippen molar-refractivity contribution < 1.29 is 13.2 Å². The zero-order valence-corrected chi connectivity index (χ0v) is 19.6. The lowest BCUT2D eigenvalue weighted by Crippen LogP contribution is -2.45. The van der Waals surface area contributed by atoms with Gasteiger partial charge < -0.3 is 0 Å². The number of benzene rings is 3. The zero-order valence-electron chi connectivity index (χ0n) is 17.2. The van der Waals surface area contributed by atoms with Crippen molar-refractivity contribution in [2.24, 2.45) is 0 Å². The number of rotatable bonds is 8. The molecule has 0 spiro atoms. The van der Waals surface area contributed by atoms with Crippen LogP contribution in [0.2, 0.25) is 5.02 Å². The van der Waals surface area contributed by atoms with Gasteiger partial charge in [0.15, 0.2) is 0 Å². The highest BCUT2D eigenvalue weighted by atomic mass is 35.5. The van der Waals surface area contributed by atoms with Gasteiger partial charge in [-0.25, -0.2) is 8.42 Å². The molecule has 4 rings (SSSR count). The molecule has 0 fully saturated rings. The van der Waals surface area contributed by atoms with Gasteiger partial charge in [-0.3, -0.25) is 10.1 Å². The van der Waals surface area contributed by atoms with E-state index in [0.29, 0.717) is 10.0 Å². The first-order valence-corrected chi connectivity index (χ1v) is 12.6. The molecule has 0 aliphatic rings. The van der Waals surface area contributed by atoms with E-state index in [9.17, 15) is 13.2 Å². The summed E-state index contributed by atoms with van der Waals surface area (Å²) in [7, 11) is -3.92. The quantitative estimate of drug-likeness (QED) is 0.375. The van der Waals surface area contributed by atoms with Gasteiger partial charge >= 0.3 is 0 Å². The van der Waals surface area contributed by atoms with Crippen LogP contribution in [0.15, 0.2) is 89.8 Å². The van der Waals surface area contributed by atoms with E-state index in [1.807, 2.05) is 36.4 Å². The topological polar surface area (TPSA) is 101 Å². The largest absolute Gasteiger partial charge is 0.299 e. The van der Waals surface area contributed by atoms with Crippen molar-refractivity contribution in [3.63, 3.8) is 0 Å². The van der Waals surface area contributed by atoms with Crippen molar-refractivity contribution in [1.29, 1.82) is 0 Å². The molecule has 0 unspecified atom stereocenters. The maximum atomic E-state index is 13.1. The summed E-state index contributed by atoms with van der Waals surface area (Å²) in [6.45, 7) is 0. The van der Waals surface area contributed by atoms with E-state index >= 15 is 0 Å². The fraction of sp³-hybridized carbons (Fsp3) is 0.0870. The Kier molecular flexibility index (Phi) is 7.14. The molecular formula is C23H19ClN4O3S2. The van der Waals surface area contributed by atoms with Crippen molar-refractivity contribution in [3.8, 4) is 10.6 Å². The molecule has 168 valence electrons. The molecule has 0 radical (unpaired) electrons. The van der Waals surface area contributed by atoms with Crippen molar-refractivity contribution in [3.05, 3.63) is 95.5 Å². The zero-order chi connectivity index (χ0) is 23.3. The minimum absolute atomic E-state index is 0.0787. The lowest BCUT2D eigenvalue weighted by atomic mass is 10.1. The molecule has 0 saturated carbocycles. The van der Waals surface area contributed by atoms with Crippen LogP contribution in [0, 0.1) is 0 Å². The van der Waals surface area contributed by atoms with Crippen LogP contribution in [0.1, 0.15) is 5.56 Å².